The monoisotopic (exact) mass is 399 g/mol. The van der Waals surface area contributed by atoms with Crippen LogP contribution in [0.4, 0.5) is 5.69 Å². The second-order valence-corrected chi connectivity index (χ2v) is 7.99. The number of ether oxygens (including phenoxy) is 2. The molecule has 1 aliphatic rings. The minimum absolute atomic E-state index is 0.0629. The fraction of sp³-hybridized carbons (Fsp3) is 0.176. The summed E-state index contributed by atoms with van der Waals surface area (Å²) in [5.74, 6) is 0.918. The third-order valence-electron chi connectivity index (χ3n) is 3.53. The highest BCUT2D eigenvalue weighted by Gasteiger charge is 2.26. The van der Waals surface area contributed by atoms with Gasteiger partial charge in [0, 0.05) is 16.1 Å². The van der Waals surface area contributed by atoms with E-state index in [0.717, 1.165) is 0 Å². The summed E-state index contributed by atoms with van der Waals surface area (Å²) in [4.78, 5) is 0.0784. The number of rotatable bonds is 5. The Labute approximate surface area is 156 Å². The molecule has 0 radical (unpaired) electrons. The number of fused-ring (bicyclic) bond motifs is 1. The second kappa shape index (κ2) is 7.15. The maximum atomic E-state index is 13.1. The summed E-state index contributed by atoms with van der Waals surface area (Å²) < 4.78 is 38.3. The first-order valence-corrected chi connectivity index (χ1v) is 9.61. The predicted molar refractivity (Wildman–Crippen MR) is 98.6 cm³/mol. The lowest BCUT2D eigenvalue weighted by atomic mass is 10.3. The Morgan fingerprint density at radius 2 is 1.68 bits per heavy atom. The van der Waals surface area contributed by atoms with Gasteiger partial charge in [0.25, 0.3) is 10.0 Å². The highest BCUT2D eigenvalue weighted by Crippen LogP contribution is 2.35. The van der Waals surface area contributed by atoms with Crippen molar-refractivity contribution in [3.63, 3.8) is 0 Å². The molecule has 1 heterocycles. The van der Waals surface area contributed by atoms with Crippen LogP contribution in [0.3, 0.4) is 0 Å². The van der Waals surface area contributed by atoms with Gasteiger partial charge < -0.3 is 9.47 Å². The molecule has 0 unspecified atom stereocenters. The van der Waals surface area contributed by atoms with Crippen LogP contribution < -0.4 is 13.8 Å². The van der Waals surface area contributed by atoms with E-state index in [1.54, 1.807) is 6.07 Å². The zero-order valence-corrected chi connectivity index (χ0v) is 15.4. The van der Waals surface area contributed by atoms with Gasteiger partial charge in [0.15, 0.2) is 11.5 Å². The second-order valence-electron chi connectivity index (χ2n) is 5.26. The molecule has 3 rings (SSSR count). The van der Waals surface area contributed by atoms with Crippen LogP contribution in [0.5, 0.6) is 11.5 Å². The van der Waals surface area contributed by atoms with Gasteiger partial charge in [-0.05, 0) is 30.3 Å². The van der Waals surface area contributed by atoms with Gasteiger partial charge in [0.2, 0.25) is 0 Å². The summed E-state index contributed by atoms with van der Waals surface area (Å²) in [6, 6.07) is 9.12. The van der Waals surface area contributed by atoms with Gasteiger partial charge in [-0.1, -0.05) is 29.3 Å². The van der Waals surface area contributed by atoms with Crippen LogP contribution >= 0.6 is 23.2 Å². The number of anilines is 1. The van der Waals surface area contributed by atoms with Crippen molar-refractivity contribution in [2.75, 3.05) is 24.1 Å². The first-order valence-electron chi connectivity index (χ1n) is 7.41. The van der Waals surface area contributed by atoms with Crippen LogP contribution in [0.15, 0.2) is 53.9 Å². The van der Waals surface area contributed by atoms with Gasteiger partial charge in [-0.15, -0.1) is 6.58 Å². The van der Waals surface area contributed by atoms with Crippen molar-refractivity contribution in [1.29, 1.82) is 0 Å². The molecule has 0 saturated carbocycles. The first-order chi connectivity index (χ1) is 11.9. The van der Waals surface area contributed by atoms with E-state index in [1.807, 2.05) is 0 Å². The number of hydrogen-bond donors (Lipinski definition) is 0. The van der Waals surface area contributed by atoms with E-state index in [-0.39, 0.29) is 11.4 Å². The van der Waals surface area contributed by atoms with Gasteiger partial charge in [-0.25, -0.2) is 8.42 Å². The summed E-state index contributed by atoms with van der Waals surface area (Å²) in [6.45, 7) is 4.50. The maximum Gasteiger partial charge on any atom is 0.264 e. The summed E-state index contributed by atoms with van der Waals surface area (Å²) >= 11 is 12.0. The average molecular weight is 400 g/mol. The summed E-state index contributed by atoms with van der Waals surface area (Å²) in [5, 5.41) is 0.683. The van der Waals surface area contributed by atoms with Gasteiger partial charge in [-0.2, -0.15) is 0 Å². The minimum Gasteiger partial charge on any atom is -0.486 e. The molecule has 25 heavy (non-hydrogen) atoms. The Balaban J connectivity index is 2.07. The molecule has 132 valence electrons. The highest BCUT2D eigenvalue weighted by molar-refractivity contribution is 7.92. The number of nitrogens with zero attached hydrogens (tertiary/aromatic N) is 1. The lowest BCUT2D eigenvalue weighted by Gasteiger charge is -2.25. The quantitative estimate of drug-likeness (QED) is 0.708. The van der Waals surface area contributed by atoms with E-state index in [2.05, 4.69) is 6.58 Å². The molecule has 1 aliphatic heterocycles. The SMILES string of the molecule is C=CCN(c1cc(Cl)cc(Cl)c1)S(=O)(=O)c1ccc2c(c1)OCCO2. The van der Waals surface area contributed by atoms with Crippen molar-refractivity contribution in [1.82, 2.24) is 0 Å². The summed E-state index contributed by atoms with van der Waals surface area (Å²) in [5.41, 5.74) is 0.354. The van der Waals surface area contributed by atoms with Crippen LogP contribution in [0.1, 0.15) is 0 Å². The van der Waals surface area contributed by atoms with Gasteiger partial charge in [-0.3, -0.25) is 4.31 Å². The Hall–Kier alpha value is -1.89. The molecule has 0 aromatic heterocycles. The first kappa shape index (κ1) is 17.9. The van der Waals surface area contributed by atoms with Gasteiger partial charge >= 0.3 is 0 Å². The van der Waals surface area contributed by atoms with E-state index >= 15 is 0 Å². The van der Waals surface area contributed by atoms with Crippen molar-refractivity contribution >= 4 is 38.9 Å². The third kappa shape index (κ3) is 3.71. The fourth-order valence-electron chi connectivity index (χ4n) is 2.45. The van der Waals surface area contributed by atoms with E-state index in [0.29, 0.717) is 40.4 Å². The van der Waals surface area contributed by atoms with Crippen molar-refractivity contribution in [3.05, 3.63) is 59.1 Å². The summed E-state index contributed by atoms with van der Waals surface area (Å²) in [6.07, 6.45) is 1.49. The number of benzene rings is 2. The Kier molecular flexibility index (Phi) is 5.13. The zero-order chi connectivity index (χ0) is 18.0. The van der Waals surface area contributed by atoms with Gasteiger partial charge in [0.05, 0.1) is 17.1 Å². The molecular formula is C17H15Cl2NO4S. The molecule has 0 atom stereocenters. The van der Waals surface area contributed by atoms with E-state index < -0.39 is 10.0 Å². The molecule has 0 fully saturated rings. The van der Waals surface area contributed by atoms with Crippen LogP contribution in [-0.2, 0) is 10.0 Å². The number of hydrogen-bond acceptors (Lipinski definition) is 4. The standard InChI is InChI=1S/C17H15Cl2NO4S/c1-2-5-20(14-9-12(18)8-13(19)10-14)25(21,22)15-3-4-16-17(11-15)24-7-6-23-16/h2-4,8-11H,1,5-7H2. The van der Waals surface area contributed by atoms with E-state index in [9.17, 15) is 8.42 Å². The zero-order valence-electron chi connectivity index (χ0n) is 13.1. The summed E-state index contributed by atoms with van der Waals surface area (Å²) in [7, 11) is -3.87. The predicted octanol–water partition coefficient (Wildman–Crippen LogP) is 4.15. The smallest absolute Gasteiger partial charge is 0.264 e. The molecule has 0 N–H and O–H groups in total. The molecule has 2 aromatic carbocycles. The minimum atomic E-state index is -3.87. The molecule has 0 amide bonds. The Morgan fingerprint density at radius 3 is 2.32 bits per heavy atom. The molecule has 8 heteroatoms. The van der Waals surface area contributed by atoms with Crippen LogP contribution in [-0.4, -0.2) is 28.2 Å². The number of sulfonamides is 1. The van der Waals surface area contributed by atoms with Crippen molar-refractivity contribution in [3.8, 4) is 11.5 Å². The lowest BCUT2D eigenvalue weighted by Crippen LogP contribution is -2.31. The molecule has 0 bridgehead atoms. The largest absolute Gasteiger partial charge is 0.486 e. The molecule has 0 saturated heterocycles. The average Bonchev–Trinajstić information content (AvgIpc) is 2.58. The Bertz CT molecular complexity index is 895. The highest BCUT2D eigenvalue weighted by atomic mass is 35.5. The van der Waals surface area contributed by atoms with Gasteiger partial charge in [0.1, 0.15) is 13.2 Å². The fourth-order valence-corrected chi connectivity index (χ4v) is 4.40. The topological polar surface area (TPSA) is 55.8 Å². The van der Waals surface area contributed by atoms with E-state index in [1.165, 1.54) is 40.7 Å². The molecule has 0 spiro atoms. The normalized spacial score (nSPS) is 13.4. The Morgan fingerprint density at radius 1 is 1.04 bits per heavy atom. The molecule has 2 aromatic rings. The molecule has 0 aliphatic carbocycles. The van der Waals surface area contributed by atoms with Crippen LogP contribution in [0, 0.1) is 0 Å². The van der Waals surface area contributed by atoms with Crippen molar-refractivity contribution in [2.24, 2.45) is 0 Å². The number of halogens is 2. The molecular weight excluding hydrogens is 385 g/mol. The van der Waals surface area contributed by atoms with Crippen LogP contribution in [0.2, 0.25) is 10.0 Å². The third-order valence-corrected chi connectivity index (χ3v) is 5.76. The lowest BCUT2D eigenvalue weighted by molar-refractivity contribution is 0.171. The van der Waals surface area contributed by atoms with E-state index in [4.69, 9.17) is 32.7 Å². The van der Waals surface area contributed by atoms with Crippen molar-refractivity contribution < 1.29 is 17.9 Å². The van der Waals surface area contributed by atoms with Crippen LogP contribution in [0.25, 0.3) is 0 Å². The van der Waals surface area contributed by atoms with Crippen molar-refractivity contribution in [2.45, 2.75) is 4.90 Å². The molecule has 5 nitrogen and oxygen atoms in total. The maximum absolute atomic E-state index is 13.1.